The van der Waals surface area contributed by atoms with Crippen LogP contribution in [0.1, 0.15) is 56.2 Å². The number of aromatic nitrogens is 1. The molecule has 1 aliphatic rings. The maximum absolute atomic E-state index is 13.7. The van der Waals surface area contributed by atoms with Gasteiger partial charge in [0.05, 0.1) is 11.8 Å². The van der Waals surface area contributed by atoms with E-state index in [1.807, 2.05) is 51.1 Å². The Labute approximate surface area is 242 Å². The maximum Gasteiger partial charge on any atom is 0.277 e. The number of rotatable bonds is 8. The predicted molar refractivity (Wildman–Crippen MR) is 162 cm³/mol. The Hall–Kier alpha value is -3.88. The molecule has 0 saturated carbocycles. The van der Waals surface area contributed by atoms with E-state index >= 15 is 0 Å². The molecule has 0 radical (unpaired) electrons. The lowest BCUT2D eigenvalue weighted by Crippen LogP contribution is -2.24. The number of hydrogen-bond acceptors (Lipinski definition) is 5. The van der Waals surface area contributed by atoms with Crippen molar-refractivity contribution in [2.45, 2.75) is 46.5 Å². The van der Waals surface area contributed by atoms with Crippen LogP contribution in [-0.2, 0) is 17.6 Å². The number of anilines is 1. The molecule has 0 fully saturated rings. The smallest absolute Gasteiger partial charge is 0.277 e. The molecule has 2 aromatic carbocycles. The second kappa shape index (κ2) is 12.1. The third kappa shape index (κ3) is 6.13. The fourth-order valence-corrected chi connectivity index (χ4v) is 6.59. The molecule has 0 bridgehead atoms. The minimum absolute atomic E-state index is 0.0899. The highest BCUT2D eigenvalue weighted by Crippen LogP contribution is 2.39. The van der Waals surface area contributed by atoms with E-state index in [9.17, 15) is 9.59 Å². The van der Waals surface area contributed by atoms with E-state index in [0.717, 1.165) is 70.0 Å². The van der Waals surface area contributed by atoms with E-state index < -0.39 is 0 Å². The predicted octanol–water partition coefficient (Wildman–Crippen LogP) is 6.78. The topological polar surface area (TPSA) is 84.7 Å². The quantitative estimate of drug-likeness (QED) is 0.180. The van der Waals surface area contributed by atoms with Crippen molar-refractivity contribution in [3.8, 4) is 10.8 Å². The van der Waals surface area contributed by atoms with Crippen molar-refractivity contribution in [3.05, 3.63) is 98.1 Å². The summed E-state index contributed by atoms with van der Waals surface area (Å²) in [6.45, 7) is 5.86. The highest BCUT2D eigenvalue weighted by Gasteiger charge is 2.28. The third-order valence-corrected chi connectivity index (χ3v) is 8.43. The Bertz CT molecular complexity index is 1590. The highest BCUT2D eigenvalue weighted by molar-refractivity contribution is 7.15. The number of amides is 2. The lowest BCUT2D eigenvalue weighted by Gasteiger charge is -2.14. The lowest BCUT2D eigenvalue weighted by atomic mass is 9.95. The molecule has 0 saturated heterocycles. The Morgan fingerprint density at radius 1 is 1.07 bits per heavy atom. The Kier molecular flexibility index (Phi) is 8.38. The molecule has 2 aromatic heterocycles. The van der Waals surface area contributed by atoms with Gasteiger partial charge in [-0.3, -0.25) is 9.59 Å². The summed E-state index contributed by atoms with van der Waals surface area (Å²) < 4.78 is 7.59. The van der Waals surface area contributed by atoms with Crippen LogP contribution in [-0.4, -0.2) is 29.2 Å². The number of nitrogens with zero attached hydrogens (tertiary/aromatic N) is 2. The summed E-state index contributed by atoms with van der Waals surface area (Å²) in [7, 11) is 0. The number of hydrazone groups is 1. The van der Waals surface area contributed by atoms with Crippen LogP contribution >= 0.6 is 22.9 Å². The van der Waals surface area contributed by atoms with Crippen LogP contribution in [0.5, 0.6) is 5.75 Å². The summed E-state index contributed by atoms with van der Waals surface area (Å²) in [5.74, 6) is 0.0370. The number of carbonyl (C=O) groups excluding carboxylic acids is 2. The molecule has 40 heavy (non-hydrogen) atoms. The summed E-state index contributed by atoms with van der Waals surface area (Å²) in [4.78, 5) is 27.2. The molecule has 7 nitrogen and oxygen atoms in total. The van der Waals surface area contributed by atoms with Gasteiger partial charge in [0, 0.05) is 32.5 Å². The van der Waals surface area contributed by atoms with E-state index in [1.54, 1.807) is 41.8 Å². The molecular weight excluding hydrogens is 544 g/mol. The van der Waals surface area contributed by atoms with E-state index in [-0.39, 0.29) is 18.4 Å². The number of hydrogen-bond donors (Lipinski definition) is 2. The standard InChI is InChI=1S/C31H31ClN4O3S/c1-19-11-13-24(14-12-19)34-30(38)29-26-9-4-5-10-27(26)40-31(29)36-20(2)15-22(21(36)3)17-33-35-28(37)18-39-25-8-6-7-23(32)16-25/h6-8,11-17H,4-5,9-10,18H2,1-3H3,(H,34,38)(H,35,37)/b33-17+. The van der Waals surface area contributed by atoms with Crippen molar-refractivity contribution < 1.29 is 14.3 Å². The maximum atomic E-state index is 13.7. The SMILES string of the molecule is Cc1ccc(NC(=O)c2c(-n3c(C)cc(/C=N/NC(=O)COc4cccc(Cl)c4)c3C)sc3c2CCCC3)cc1. The van der Waals surface area contributed by atoms with Crippen LogP contribution < -0.4 is 15.5 Å². The second-order valence-corrected chi connectivity index (χ2v) is 11.4. The van der Waals surface area contributed by atoms with E-state index in [2.05, 4.69) is 20.4 Å². The Morgan fingerprint density at radius 2 is 1.85 bits per heavy atom. The van der Waals surface area contributed by atoms with Gasteiger partial charge in [-0.1, -0.05) is 35.4 Å². The average Bonchev–Trinajstić information content (AvgIpc) is 3.44. The number of carbonyl (C=O) groups is 2. The zero-order valence-corrected chi connectivity index (χ0v) is 24.3. The van der Waals surface area contributed by atoms with E-state index in [4.69, 9.17) is 16.3 Å². The summed E-state index contributed by atoms with van der Waals surface area (Å²) in [6.07, 6.45) is 5.72. The molecule has 9 heteroatoms. The molecule has 0 aliphatic heterocycles. The molecule has 0 atom stereocenters. The fourth-order valence-electron chi connectivity index (χ4n) is 4.92. The first-order valence-electron chi connectivity index (χ1n) is 13.2. The number of ether oxygens (including phenoxy) is 1. The second-order valence-electron chi connectivity index (χ2n) is 9.91. The van der Waals surface area contributed by atoms with Gasteiger partial charge in [-0.25, -0.2) is 5.43 Å². The van der Waals surface area contributed by atoms with Crippen LogP contribution in [0.2, 0.25) is 5.02 Å². The molecule has 1 aliphatic carbocycles. The van der Waals surface area contributed by atoms with Gasteiger partial charge in [-0.15, -0.1) is 11.3 Å². The Morgan fingerprint density at radius 3 is 2.62 bits per heavy atom. The van der Waals surface area contributed by atoms with Gasteiger partial charge in [0.1, 0.15) is 10.8 Å². The minimum Gasteiger partial charge on any atom is -0.484 e. The van der Waals surface area contributed by atoms with Gasteiger partial charge in [-0.05, 0) is 88.4 Å². The Balaban J connectivity index is 1.36. The van der Waals surface area contributed by atoms with Gasteiger partial charge < -0.3 is 14.6 Å². The number of benzene rings is 2. The molecule has 2 amide bonds. The molecule has 2 N–H and O–H groups in total. The summed E-state index contributed by atoms with van der Waals surface area (Å²) in [5.41, 5.74) is 9.11. The van der Waals surface area contributed by atoms with Gasteiger partial charge in [0.2, 0.25) is 0 Å². The lowest BCUT2D eigenvalue weighted by molar-refractivity contribution is -0.123. The molecule has 4 aromatic rings. The van der Waals surface area contributed by atoms with Crippen molar-refractivity contribution in [2.24, 2.45) is 5.10 Å². The largest absolute Gasteiger partial charge is 0.484 e. The third-order valence-electron chi connectivity index (χ3n) is 6.92. The molecule has 0 spiro atoms. The van der Waals surface area contributed by atoms with Crippen LogP contribution in [0, 0.1) is 20.8 Å². The van der Waals surface area contributed by atoms with Crippen molar-refractivity contribution in [2.75, 3.05) is 11.9 Å². The number of thiophene rings is 1. The number of fused-ring (bicyclic) bond motifs is 1. The first kappa shape index (κ1) is 27.7. The van der Waals surface area contributed by atoms with Crippen molar-refractivity contribution >= 4 is 46.7 Å². The van der Waals surface area contributed by atoms with Crippen molar-refractivity contribution in [1.82, 2.24) is 9.99 Å². The van der Waals surface area contributed by atoms with Crippen molar-refractivity contribution in [1.29, 1.82) is 0 Å². The monoisotopic (exact) mass is 574 g/mol. The van der Waals surface area contributed by atoms with Gasteiger partial charge in [-0.2, -0.15) is 5.10 Å². The first-order chi connectivity index (χ1) is 19.3. The molecule has 0 unspecified atom stereocenters. The van der Waals surface area contributed by atoms with Gasteiger partial charge in [0.25, 0.3) is 11.8 Å². The zero-order valence-electron chi connectivity index (χ0n) is 22.7. The van der Waals surface area contributed by atoms with Crippen LogP contribution in [0.15, 0.2) is 59.7 Å². The zero-order chi connectivity index (χ0) is 28.2. The summed E-state index contributed by atoms with van der Waals surface area (Å²) in [5, 5.41) is 8.72. The molecule has 5 rings (SSSR count). The van der Waals surface area contributed by atoms with Gasteiger partial charge >= 0.3 is 0 Å². The fraction of sp³-hybridized carbons (Fsp3) is 0.258. The number of halogens is 1. The van der Waals surface area contributed by atoms with Crippen LogP contribution in [0.3, 0.4) is 0 Å². The normalized spacial score (nSPS) is 12.8. The van der Waals surface area contributed by atoms with Crippen molar-refractivity contribution in [3.63, 3.8) is 0 Å². The number of nitrogens with one attached hydrogen (secondary N) is 2. The average molecular weight is 575 g/mol. The molecule has 206 valence electrons. The molecular formula is C31H31ClN4O3S. The van der Waals surface area contributed by atoms with Gasteiger partial charge in [0.15, 0.2) is 6.61 Å². The number of aryl methyl sites for hydroxylation is 3. The summed E-state index contributed by atoms with van der Waals surface area (Å²) in [6, 6.07) is 16.7. The minimum atomic E-state index is -0.383. The summed E-state index contributed by atoms with van der Waals surface area (Å²) >= 11 is 7.65. The first-order valence-corrected chi connectivity index (χ1v) is 14.4. The van der Waals surface area contributed by atoms with Crippen LogP contribution in [0.4, 0.5) is 5.69 Å². The highest BCUT2D eigenvalue weighted by atomic mass is 35.5. The molecule has 2 heterocycles. The van der Waals surface area contributed by atoms with E-state index in [0.29, 0.717) is 10.8 Å². The van der Waals surface area contributed by atoms with E-state index in [1.165, 1.54) is 4.88 Å². The van der Waals surface area contributed by atoms with Crippen LogP contribution in [0.25, 0.3) is 5.00 Å².